The van der Waals surface area contributed by atoms with Crippen LogP contribution in [0.3, 0.4) is 0 Å². The summed E-state index contributed by atoms with van der Waals surface area (Å²) in [5.74, 6) is 6.71. The highest BCUT2D eigenvalue weighted by atomic mass is 32.1. The molecule has 6 nitrogen and oxygen atoms in total. The minimum absolute atomic E-state index is 0.0916. The molecule has 2 aromatic heterocycles. The molecule has 7 heteroatoms. The molecule has 1 aliphatic heterocycles. The standard InChI is InChI=1S/C13H19N5OS/c1-13(2)7-8(3-5-19-13)15-10-9-4-6-20-11(9)17-12(16-10)18-14/h4,6,8H,3,5,7,14H2,1-2H3,(H2,15,16,17,18). The second-order valence-corrected chi connectivity index (χ2v) is 6.52. The van der Waals surface area contributed by atoms with Crippen molar-refractivity contribution in [2.24, 2.45) is 5.84 Å². The largest absolute Gasteiger partial charge is 0.375 e. The van der Waals surface area contributed by atoms with Gasteiger partial charge in [-0.05, 0) is 38.1 Å². The molecule has 3 heterocycles. The fourth-order valence-electron chi connectivity index (χ4n) is 2.58. The molecule has 0 amide bonds. The van der Waals surface area contributed by atoms with Gasteiger partial charge < -0.3 is 10.1 Å². The Bertz CT molecular complexity index is 612. The van der Waals surface area contributed by atoms with E-state index in [4.69, 9.17) is 10.6 Å². The van der Waals surface area contributed by atoms with Crippen LogP contribution in [0.5, 0.6) is 0 Å². The molecule has 3 rings (SSSR count). The van der Waals surface area contributed by atoms with Crippen LogP contribution in [0.15, 0.2) is 11.4 Å². The Morgan fingerprint density at radius 3 is 3.05 bits per heavy atom. The Kier molecular flexibility index (Phi) is 3.49. The Hall–Kier alpha value is -1.44. The third kappa shape index (κ3) is 2.70. The third-order valence-corrected chi connectivity index (χ3v) is 4.30. The predicted molar refractivity (Wildman–Crippen MR) is 81.9 cm³/mol. The Labute approximate surface area is 121 Å². The maximum absolute atomic E-state index is 5.75. The van der Waals surface area contributed by atoms with Crippen LogP contribution in [-0.2, 0) is 4.74 Å². The average Bonchev–Trinajstić information content (AvgIpc) is 2.85. The van der Waals surface area contributed by atoms with Gasteiger partial charge in [0.25, 0.3) is 0 Å². The van der Waals surface area contributed by atoms with Crippen LogP contribution in [0.2, 0.25) is 0 Å². The van der Waals surface area contributed by atoms with Crippen molar-refractivity contribution in [2.45, 2.75) is 38.3 Å². The van der Waals surface area contributed by atoms with Crippen molar-refractivity contribution in [3.8, 4) is 0 Å². The minimum atomic E-state index is -0.0916. The first kappa shape index (κ1) is 13.5. The van der Waals surface area contributed by atoms with Crippen molar-refractivity contribution in [3.63, 3.8) is 0 Å². The minimum Gasteiger partial charge on any atom is -0.375 e. The number of nitrogens with one attached hydrogen (secondary N) is 2. The third-order valence-electron chi connectivity index (χ3n) is 3.49. The maximum Gasteiger partial charge on any atom is 0.240 e. The lowest BCUT2D eigenvalue weighted by molar-refractivity contribution is -0.0553. The number of nitrogen functional groups attached to an aromatic ring is 1. The molecule has 4 N–H and O–H groups in total. The number of fused-ring (bicyclic) bond motifs is 1. The van der Waals surface area contributed by atoms with Gasteiger partial charge in [-0.15, -0.1) is 11.3 Å². The monoisotopic (exact) mass is 293 g/mol. The SMILES string of the molecule is CC1(C)CC(Nc2nc(NN)nc3sccc23)CCO1. The van der Waals surface area contributed by atoms with E-state index < -0.39 is 0 Å². The molecule has 1 unspecified atom stereocenters. The number of hydrogen-bond acceptors (Lipinski definition) is 7. The fraction of sp³-hybridized carbons (Fsp3) is 0.538. The van der Waals surface area contributed by atoms with E-state index in [0.29, 0.717) is 12.0 Å². The van der Waals surface area contributed by atoms with E-state index in [1.165, 1.54) is 0 Å². The van der Waals surface area contributed by atoms with Crippen LogP contribution in [0.1, 0.15) is 26.7 Å². The summed E-state index contributed by atoms with van der Waals surface area (Å²) in [5, 5.41) is 6.57. The van der Waals surface area contributed by atoms with Gasteiger partial charge in [0.1, 0.15) is 10.6 Å². The summed E-state index contributed by atoms with van der Waals surface area (Å²) >= 11 is 1.58. The molecule has 0 aromatic carbocycles. The Morgan fingerprint density at radius 2 is 2.30 bits per heavy atom. The second-order valence-electron chi connectivity index (χ2n) is 5.62. The average molecular weight is 293 g/mol. The van der Waals surface area contributed by atoms with Gasteiger partial charge in [0.15, 0.2) is 0 Å². The molecule has 2 aromatic rings. The van der Waals surface area contributed by atoms with Crippen LogP contribution in [0.25, 0.3) is 10.2 Å². The topological polar surface area (TPSA) is 85.1 Å². The van der Waals surface area contributed by atoms with Crippen LogP contribution < -0.4 is 16.6 Å². The van der Waals surface area contributed by atoms with E-state index in [0.717, 1.165) is 35.5 Å². The van der Waals surface area contributed by atoms with Crippen LogP contribution in [0, 0.1) is 0 Å². The molecular weight excluding hydrogens is 274 g/mol. The molecule has 0 saturated carbocycles. The van der Waals surface area contributed by atoms with Gasteiger partial charge in [-0.1, -0.05) is 0 Å². The first-order chi connectivity index (χ1) is 9.57. The number of nitrogens with zero attached hydrogens (tertiary/aromatic N) is 2. The molecule has 0 aliphatic carbocycles. The van der Waals surface area contributed by atoms with Crippen LogP contribution >= 0.6 is 11.3 Å². The summed E-state index contributed by atoms with van der Waals surface area (Å²) in [7, 11) is 0. The second kappa shape index (κ2) is 5.16. The van der Waals surface area contributed by atoms with Crippen molar-refractivity contribution in [1.82, 2.24) is 9.97 Å². The van der Waals surface area contributed by atoms with Crippen molar-refractivity contribution < 1.29 is 4.74 Å². The quantitative estimate of drug-likeness (QED) is 0.595. The van der Waals surface area contributed by atoms with E-state index >= 15 is 0 Å². The van der Waals surface area contributed by atoms with Crippen molar-refractivity contribution >= 4 is 33.3 Å². The highest BCUT2D eigenvalue weighted by Crippen LogP contribution is 2.30. The number of rotatable bonds is 3. The van der Waals surface area contributed by atoms with Crippen molar-refractivity contribution in [1.29, 1.82) is 0 Å². The molecule has 108 valence electrons. The molecule has 20 heavy (non-hydrogen) atoms. The van der Waals surface area contributed by atoms with E-state index in [1.54, 1.807) is 11.3 Å². The van der Waals surface area contributed by atoms with Gasteiger partial charge in [0, 0.05) is 12.6 Å². The van der Waals surface area contributed by atoms with E-state index in [2.05, 4.69) is 34.6 Å². The lowest BCUT2D eigenvalue weighted by atomic mass is 9.94. The Morgan fingerprint density at radius 1 is 1.45 bits per heavy atom. The Balaban J connectivity index is 1.88. The number of thiophene rings is 1. The molecule has 1 aliphatic rings. The summed E-state index contributed by atoms with van der Waals surface area (Å²) in [5.41, 5.74) is 2.43. The predicted octanol–water partition coefficient (Wildman–Crippen LogP) is 2.35. The summed E-state index contributed by atoms with van der Waals surface area (Å²) < 4.78 is 5.75. The van der Waals surface area contributed by atoms with Gasteiger partial charge >= 0.3 is 0 Å². The number of nitrogens with two attached hydrogens (primary N) is 1. The summed E-state index contributed by atoms with van der Waals surface area (Å²) in [6.45, 7) is 5.01. The fourth-order valence-corrected chi connectivity index (χ4v) is 3.34. The van der Waals surface area contributed by atoms with Crippen molar-refractivity contribution in [2.75, 3.05) is 17.3 Å². The first-order valence-corrected chi connectivity index (χ1v) is 7.58. The van der Waals surface area contributed by atoms with Gasteiger partial charge in [0.2, 0.25) is 5.95 Å². The van der Waals surface area contributed by atoms with Crippen molar-refractivity contribution in [3.05, 3.63) is 11.4 Å². The highest BCUT2D eigenvalue weighted by molar-refractivity contribution is 7.16. The molecule has 0 radical (unpaired) electrons. The normalized spacial score (nSPS) is 21.9. The smallest absolute Gasteiger partial charge is 0.240 e. The molecule has 1 saturated heterocycles. The molecule has 0 spiro atoms. The van der Waals surface area contributed by atoms with Gasteiger partial charge in [-0.25, -0.2) is 10.8 Å². The zero-order chi connectivity index (χ0) is 14.2. The van der Waals surface area contributed by atoms with Crippen LogP contribution in [-0.4, -0.2) is 28.2 Å². The molecule has 1 fully saturated rings. The first-order valence-electron chi connectivity index (χ1n) is 6.70. The van der Waals surface area contributed by atoms with Gasteiger partial charge in [-0.2, -0.15) is 4.98 Å². The summed E-state index contributed by atoms with van der Waals surface area (Å²) in [4.78, 5) is 9.72. The zero-order valence-corrected chi connectivity index (χ0v) is 12.5. The van der Waals surface area contributed by atoms with E-state index in [-0.39, 0.29) is 5.60 Å². The van der Waals surface area contributed by atoms with E-state index in [1.807, 2.05) is 11.4 Å². The van der Waals surface area contributed by atoms with E-state index in [9.17, 15) is 0 Å². The number of ether oxygens (including phenoxy) is 1. The summed E-state index contributed by atoms with van der Waals surface area (Å²) in [6.07, 6.45) is 1.93. The summed E-state index contributed by atoms with van der Waals surface area (Å²) in [6, 6.07) is 2.38. The molecule has 1 atom stereocenters. The number of aromatic nitrogens is 2. The lowest BCUT2D eigenvalue weighted by Gasteiger charge is -2.36. The van der Waals surface area contributed by atoms with Crippen LogP contribution in [0.4, 0.5) is 11.8 Å². The molecule has 0 bridgehead atoms. The number of hydrogen-bond donors (Lipinski definition) is 3. The number of hydrazine groups is 1. The lowest BCUT2D eigenvalue weighted by Crippen LogP contribution is -2.40. The zero-order valence-electron chi connectivity index (χ0n) is 11.6. The molecular formula is C13H19N5OS. The highest BCUT2D eigenvalue weighted by Gasteiger charge is 2.29. The van der Waals surface area contributed by atoms with Gasteiger partial charge in [-0.3, -0.25) is 5.43 Å². The number of anilines is 2. The van der Waals surface area contributed by atoms with Gasteiger partial charge in [0.05, 0.1) is 11.0 Å². The maximum atomic E-state index is 5.75.